The summed E-state index contributed by atoms with van der Waals surface area (Å²) in [6.45, 7) is 8.46. The minimum absolute atomic E-state index is 0.0855. The minimum atomic E-state index is 0.0855. The summed E-state index contributed by atoms with van der Waals surface area (Å²) in [7, 11) is 0. The lowest BCUT2D eigenvalue weighted by atomic mass is 9.80. The fourth-order valence-electron chi connectivity index (χ4n) is 3.40. The van der Waals surface area contributed by atoms with E-state index in [1.165, 1.54) is 0 Å². The molecule has 0 aromatic heterocycles. The molecule has 0 aromatic carbocycles. The molecule has 94 valence electrons. The molecular formula is C13H25NO2. The van der Waals surface area contributed by atoms with Crippen LogP contribution in [0.4, 0.5) is 0 Å². The normalized spacial score (nSPS) is 44.8. The van der Waals surface area contributed by atoms with Gasteiger partial charge in [0.1, 0.15) is 0 Å². The van der Waals surface area contributed by atoms with Crippen LogP contribution in [0.3, 0.4) is 0 Å². The molecule has 16 heavy (non-hydrogen) atoms. The van der Waals surface area contributed by atoms with Crippen LogP contribution in [0.1, 0.15) is 46.5 Å². The van der Waals surface area contributed by atoms with E-state index in [9.17, 15) is 0 Å². The van der Waals surface area contributed by atoms with Gasteiger partial charge in [0.25, 0.3) is 0 Å². The van der Waals surface area contributed by atoms with E-state index >= 15 is 0 Å². The highest BCUT2D eigenvalue weighted by molar-refractivity contribution is 4.95. The van der Waals surface area contributed by atoms with Gasteiger partial charge in [-0.2, -0.15) is 0 Å². The average Bonchev–Trinajstić information content (AvgIpc) is 2.15. The van der Waals surface area contributed by atoms with E-state index in [0.29, 0.717) is 18.2 Å². The Hall–Kier alpha value is -0.120. The standard InChI is InChI=1S/C13H25NO2/c1-4-14-12-5-6-15-13(9-12)7-10(2)16-11(3)8-13/h10-12,14H,4-9H2,1-3H3. The van der Waals surface area contributed by atoms with Crippen molar-refractivity contribution in [2.24, 2.45) is 0 Å². The first-order chi connectivity index (χ1) is 7.63. The maximum atomic E-state index is 6.10. The summed E-state index contributed by atoms with van der Waals surface area (Å²) < 4.78 is 11.9. The molecule has 3 atom stereocenters. The van der Waals surface area contributed by atoms with Crippen molar-refractivity contribution in [2.45, 2.75) is 70.3 Å². The molecule has 0 aromatic rings. The molecule has 3 nitrogen and oxygen atoms in total. The Labute approximate surface area is 98.9 Å². The molecule has 2 fully saturated rings. The summed E-state index contributed by atoms with van der Waals surface area (Å²) in [6.07, 6.45) is 5.09. The second kappa shape index (κ2) is 5.03. The van der Waals surface area contributed by atoms with Gasteiger partial charge in [-0.25, -0.2) is 0 Å². The van der Waals surface area contributed by atoms with Gasteiger partial charge in [0, 0.05) is 25.5 Å². The van der Waals surface area contributed by atoms with Crippen molar-refractivity contribution in [1.29, 1.82) is 0 Å². The molecule has 0 aliphatic carbocycles. The largest absolute Gasteiger partial charge is 0.375 e. The Morgan fingerprint density at radius 1 is 1.19 bits per heavy atom. The van der Waals surface area contributed by atoms with Crippen LogP contribution in [-0.2, 0) is 9.47 Å². The van der Waals surface area contributed by atoms with Crippen molar-refractivity contribution in [3.8, 4) is 0 Å². The molecule has 2 heterocycles. The minimum Gasteiger partial charge on any atom is -0.375 e. The number of rotatable bonds is 2. The summed E-state index contributed by atoms with van der Waals surface area (Å²) in [5, 5.41) is 3.56. The molecular weight excluding hydrogens is 202 g/mol. The molecule has 0 amide bonds. The lowest BCUT2D eigenvalue weighted by molar-refractivity contribution is -0.180. The maximum Gasteiger partial charge on any atom is 0.0746 e. The van der Waals surface area contributed by atoms with Gasteiger partial charge in [0.15, 0.2) is 0 Å². The van der Waals surface area contributed by atoms with Gasteiger partial charge in [0.05, 0.1) is 17.8 Å². The zero-order valence-electron chi connectivity index (χ0n) is 10.8. The van der Waals surface area contributed by atoms with Crippen LogP contribution in [0.25, 0.3) is 0 Å². The lowest BCUT2D eigenvalue weighted by Crippen LogP contribution is -2.52. The fraction of sp³-hybridized carbons (Fsp3) is 1.00. The Morgan fingerprint density at radius 3 is 2.50 bits per heavy atom. The monoisotopic (exact) mass is 227 g/mol. The van der Waals surface area contributed by atoms with Gasteiger partial charge >= 0.3 is 0 Å². The number of hydrogen-bond acceptors (Lipinski definition) is 3. The first-order valence-electron chi connectivity index (χ1n) is 6.66. The maximum absolute atomic E-state index is 6.10. The molecule has 3 unspecified atom stereocenters. The molecule has 0 radical (unpaired) electrons. The molecule has 0 bridgehead atoms. The molecule has 2 aliphatic heterocycles. The summed E-state index contributed by atoms with van der Waals surface area (Å²) in [6, 6.07) is 0.635. The second-order valence-corrected chi connectivity index (χ2v) is 5.44. The Balaban J connectivity index is 1.99. The van der Waals surface area contributed by atoms with Crippen molar-refractivity contribution in [1.82, 2.24) is 5.32 Å². The molecule has 2 rings (SSSR count). The van der Waals surface area contributed by atoms with Gasteiger partial charge < -0.3 is 14.8 Å². The third-order valence-electron chi connectivity index (χ3n) is 3.77. The zero-order chi connectivity index (χ0) is 11.6. The molecule has 1 N–H and O–H groups in total. The summed E-state index contributed by atoms with van der Waals surface area (Å²) in [5.41, 5.74) is 0.0855. The first kappa shape index (κ1) is 12.3. The van der Waals surface area contributed by atoms with Crippen molar-refractivity contribution in [3.63, 3.8) is 0 Å². The quantitative estimate of drug-likeness (QED) is 0.783. The van der Waals surface area contributed by atoms with E-state index in [1.54, 1.807) is 0 Å². The zero-order valence-corrected chi connectivity index (χ0v) is 10.8. The van der Waals surface area contributed by atoms with E-state index in [0.717, 1.165) is 38.8 Å². The van der Waals surface area contributed by atoms with Gasteiger partial charge in [0.2, 0.25) is 0 Å². The van der Waals surface area contributed by atoms with E-state index < -0.39 is 0 Å². The highest BCUT2D eigenvalue weighted by Crippen LogP contribution is 2.38. The Bertz CT molecular complexity index is 220. The average molecular weight is 227 g/mol. The van der Waals surface area contributed by atoms with Crippen molar-refractivity contribution in [2.75, 3.05) is 13.2 Å². The van der Waals surface area contributed by atoms with E-state index in [-0.39, 0.29) is 5.60 Å². The molecule has 3 heteroatoms. The number of hydrogen-bond donors (Lipinski definition) is 1. The van der Waals surface area contributed by atoms with Gasteiger partial charge in [-0.05, 0) is 33.2 Å². The van der Waals surface area contributed by atoms with Gasteiger partial charge in [-0.3, -0.25) is 0 Å². The number of nitrogens with one attached hydrogen (secondary N) is 1. The van der Waals surface area contributed by atoms with Crippen LogP contribution < -0.4 is 5.32 Å². The third-order valence-corrected chi connectivity index (χ3v) is 3.77. The first-order valence-corrected chi connectivity index (χ1v) is 6.66. The predicted octanol–water partition coefficient (Wildman–Crippen LogP) is 2.10. The summed E-state index contributed by atoms with van der Waals surface area (Å²) in [5.74, 6) is 0. The van der Waals surface area contributed by atoms with Crippen LogP contribution in [0.15, 0.2) is 0 Å². The van der Waals surface area contributed by atoms with E-state index in [2.05, 4.69) is 26.1 Å². The fourth-order valence-corrected chi connectivity index (χ4v) is 3.40. The molecule has 1 spiro atoms. The number of ether oxygens (including phenoxy) is 2. The van der Waals surface area contributed by atoms with Crippen LogP contribution in [0.2, 0.25) is 0 Å². The highest BCUT2D eigenvalue weighted by atomic mass is 16.5. The lowest BCUT2D eigenvalue weighted by Gasteiger charge is -2.47. The summed E-state index contributed by atoms with van der Waals surface area (Å²) >= 11 is 0. The van der Waals surface area contributed by atoms with Crippen LogP contribution in [-0.4, -0.2) is 37.0 Å². The highest BCUT2D eigenvalue weighted by Gasteiger charge is 2.43. The van der Waals surface area contributed by atoms with Crippen LogP contribution in [0.5, 0.6) is 0 Å². The van der Waals surface area contributed by atoms with Crippen LogP contribution >= 0.6 is 0 Å². The molecule has 2 aliphatic rings. The van der Waals surface area contributed by atoms with E-state index in [4.69, 9.17) is 9.47 Å². The van der Waals surface area contributed by atoms with Gasteiger partial charge in [-0.1, -0.05) is 6.92 Å². The third kappa shape index (κ3) is 2.76. The Morgan fingerprint density at radius 2 is 1.88 bits per heavy atom. The van der Waals surface area contributed by atoms with Crippen molar-refractivity contribution in [3.05, 3.63) is 0 Å². The smallest absolute Gasteiger partial charge is 0.0746 e. The molecule has 0 saturated carbocycles. The van der Waals surface area contributed by atoms with Crippen molar-refractivity contribution < 1.29 is 9.47 Å². The Kier molecular flexibility index (Phi) is 3.88. The van der Waals surface area contributed by atoms with Crippen LogP contribution in [0, 0.1) is 0 Å². The van der Waals surface area contributed by atoms with Crippen molar-refractivity contribution >= 4 is 0 Å². The second-order valence-electron chi connectivity index (χ2n) is 5.44. The predicted molar refractivity (Wildman–Crippen MR) is 64.6 cm³/mol. The topological polar surface area (TPSA) is 30.5 Å². The van der Waals surface area contributed by atoms with Gasteiger partial charge in [-0.15, -0.1) is 0 Å². The SMILES string of the molecule is CCNC1CCOC2(C1)CC(C)OC(C)C2. The van der Waals surface area contributed by atoms with E-state index in [1.807, 2.05) is 0 Å². The summed E-state index contributed by atoms with van der Waals surface area (Å²) in [4.78, 5) is 0. The molecule has 2 saturated heterocycles.